The Balaban J connectivity index is 1.70. The van der Waals surface area contributed by atoms with Crippen LogP contribution in [0.5, 0.6) is 0 Å². The average molecular weight is 315 g/mol. The lowest BCUT2D eigenvalue weighted by Crippen LogP contribution is -2.31. The molecule has 3 rings (SSSR count). The van der Waals surface area contributed by atoms with Crippen LogP contribution < -0.4 is 0 Å². The zero-order chi connectivity index (χ0) is 14.7. The number of hydrogen-bond acceptors (Lipinski definition) is 3. The normalized spacial score (nSPS) is 18.3. The highest BCUT2D eigenvalue weighted by molar-refractivity contribution is 8.11. The van der Waals surface area contributed by atoms with Gasteiger partial charge >= 0.3 is 0 Å². The zero-order valence-corrected chi connectivity index (χ0v) is 13.0. The summed E-state index contributed by atoms with van der Waals surface area (Å²) < 4.78 is 3.51. The van der Waals surface area contributed by atoms with E-state index in [4.69, 9.17) is 12.4 Å². The minimum atomic E-state index is -0.267. The third kappa shape index (κ3) is 3.31. The molecule has 21 heavy (non-hydrogen) atoms. The van der Waals surface area contributed by atoms with Gasteiger partial charge in [0, 0.05) is 6.42 Å². The largest absolute Gasteiger partial charge is 0.299 e. The van der Waals surface area contributed by atoms with Gasteiger partial charge in [-0.3, -0.25) is 4.79 Å². The summed E-state index contributed by atoms with van der Waals surface area (Å²) in [6, 6.07) is 19.8. The molecule has 0 N–H and O–H groups in total. The lowest BCUT2D eigenvalue weighted by atomic mass is 10.1. The highest BCUT2D eigenvalue weighted by atomic mass is 32.2. The standard InChI is InChI=1S/C16H15N2OS2/c19-16-15(11-13-7-3-1-4-8-13)18(20)17(21-16)12-14-9-5-2-6-10-14/h1-10,15H,11-12H2/q+1. The monoisotopic (exact) mass is 315 g/mol. The smallest absolute Gasteiger partial charge is 0.277 e. The maximum atomic E-state index is 12.2. The van der Waals surface area contributed by atoms with Crippen LogP contribution in [0.2, 0.25) is 0 Å². The van der Waals surface area contributed by atoms with Crippen molar-refractivity contribution < 1.29 is 8.85 Å². The molecular weight excluding hydrogens is 300 g/mol. The van der Waals surface area contributed by atoms with E-state index in [2.05, 4.69) is 0 Å². The third-order valence-corrected chi connectivity index (χ3v) is 4.91. The topological polar surface area (TPSA) is 23.3 Å². The maximum absolute atomic E-state index is 12.2. The number of carbonyl (C=O) groups is 1. The Hall–Kier alpha value is -1.72. The van der Waals surface area contributed by atoms with Gasteiger partial charge in [-0.05, 0) is 15.2 Å². The molecule has 0 radical (unpaired) electrons. The van der Waals surface area contributed by atoms with Gasteiger partial charge in [-0.15, -0.1) is 0 Å². The maximum Gasteiger partial charge on any atom is 0.299 e. The number of carbonyl (C=O) groups excluding carboxylic acids is 1. The highest BCUT2D eigenvalue weighted by Gasteiger charge is 2.45. The molecule has 1 fully saturated rings. The van der Waals surface area contributed by atoms with E-state index in [1.165, 1.54) is 11.9 Å². The van der Waals surface area contributed by atoms with Crippen LogP contribution in [0.15, 0.2) is 60.7 Å². The summed E-state index contributed by atoms with van der Waals surface area (Å²) in [7, 11) is 0. The first-order chi connectivity index (χ1) is 10.2. The summed E-state index contributed by atoms with van der Waals surface area (Å²) in [6.07, 6.45) is 0.654. The van der Waals surface area contributed by atoms with Crippen molar-refractivity contribution in [1.29, 1.82) is 0 Å². The van der Waals surface area contributed by atoms with E-state index in [-0.39, 0.29) is 11.2 Å². The van der Waals surface area contributed by atoms with E-state index >= 15 is 0 Å². The fourth-order valence-electron chi connectivity index (χ4n) is 2.29. The molecule has 5 heteroatoms. The van der Waals surface area contributed by atoms with Gasteiger partial charge < -0.3 is 0 Å². The van der Waals surface area contributed by atoms with Gasteiger partial charge in [0.15, 0.2) is 0 Å². The minimum absolute atomic E-state index is 0.116. The number of nitrogens with zero attached hydrogens (tertiary/aromatic N) is 2. The average Bonchev–Trinajstić information content (AvgIpc) is 2.77. The van der Waals surface area contributed by atoms with E-state index in [9.17, 15) is 4.79 Å². The molecule has 1 saturated heterocycles. The molecule has 0 aliphatic carbocycles. The molecule has 2 aromatic rings. The molecule has 1 heterocycles. The Morgan fingerprint density at radius 2 is 1.57 bits per heavy atom. The molecule has 0 bridgehead atoms. The SMILES string of the molecule is O=C1SN(Cc2ccccc2)[N+](=S)C1Cc1ccccc1. The molecule has 0 aromatic heterocycles. The Bertz CT molecular complexity index is 646. The Morgan fingerprint density at radius 1 is 1.00 bits per heavy atom. The fraction of sp³-hybridized carbons (Fsp3) is 0.188. The predicted molar refractivity (Wildman–Crippen MR) is 86.1 cm³/mol. The van der Waals surface area contributed by atoms with Crippen molar-refractivity contribution in [3.8, 4) is 0 Å². The van der Waals surface area contributed by atoms with E-state index < -0.39 is 0 Å². The van der Waals surface area contributed by atoms with Crippen LogP contribution in [-0.2, 0) is 30.2 Å². The molecule has 1 aliphatic heterocycles. The van der Waals surface area contributed by atoms with Crippen molar-refractivity contribution in [2.75, 3.05) is 0 Å². The summed E-state index contributed by atoms with van der Waals surface area (Å²) in [5, 5.41) is 0.116. The molecule has 1 atom stereocenters. The van der Waals surface area contributed by atoms with Crippen LogP contribution in [0.3, 0.4) is 0 Å². The number of benzene rings is 2. The van der Waals surface area contributed by atoms with Crippen molar-refractivity contribution in [1.82, 2.24) is 4.41 Å². The molecule has 1 unspecified atom stereocenters. The van der Waals surface area contributed by atoms with Crippen molar-refractivity contribution in [3.63, 3.8) is 0 Å². The van der Waals surface area contributed by atoms with Crippen LogP contribution >= 0.6 is 11.9 Å². The summed E-state index contributed by atoms with van der Waals surface area (Å²) in [6.45, 7) is 0.645. The van der Waals surface area contributed by atoms with Gasteiger partial charge in [-0.1, -0.05) is 65.1 Å². The van der Waals surface area contributed by atoms with Crippen molar-refractivity contribution in [3.05, 3.63) is 71.8 Å². The first kappa shape index (κ1) is 14.2. The Morgan fingerprint density at radius 3 is 2.19 bits per heavy atom. The summed E-state index contributed by atoms with van der Waals surface area (Å²) in [5.41, 5.74) is 2.28. The zero-order valence-electron chi connectivity index (χ0n) is 11.4. The van der Waals surface area contributed by atoms with Crippen LogP contribution in [-0.4, -0.2) is 19.6 Å². The van der Waals surface area contributed by atoms with E-state index in [1.54, 1.807) is 4.05 Å². The van der Waals surface area contributed by atoms with E-state index in [0.717, 1.165) is 11.1 Å². The quantitative estimate of drug-likeness (QED) is 0.639. The van der Waals surface area contributed by atoms with E-state index in [0.29, 0.717) is 13.0 Å². The Labute approximate surface area is 133 Å². The first-order valence-corrected chi connectivity index (χ1v) is 7.91. The van der Waals surface area contributed by atoms with Crippen LogP contribution in [0, 0.1) is 0 Å². The van der Waals surface area contributed by atoms with Crippen LogP contribution in [0.25, 0.3) is 0 Å². The summed E-state index contributed by atoms with van der Waals surface area (Å²) >= 11 is 6.65. The number of hydrazine groups is 1. The summed E-state index contributed by atoms with van der Waals surface area (Å²) in [4.78, 5) is 12.2. The van der Waals surface area contributed by atoms with Crippen molar-refractivity contribution >= 4 is 29.5 Å². The van der Waals surface area contributed by atoms with Gasteiger partial charge in [0.1, 0.15) is 6.54 Å². The second kappa shape index (κ2) is 6.37. The molecule has 0 spiro atoms. The van der Waals surface area contributed by atoms with Gasteiger partial charge in [-0.2, -0.15) is 0 Å². The Kier molecular flexibility index (Phi) is 4.31. The second-order valence-corrected chi connectivity index (χ2v) is 6.29. The fourth-order valence-corrected chi connectivity index (χ4v) is 3.61. The molecule has 2 aromatic carbocycles. The molecule has 0 saturated carbocycles. The summed E-state index contributed by atoms with van der Waals surface area (Å²) in [5.74, 6) is 0. The number of rotatable bonds is 4. The molecule has 1 aliphatic rings. The van der Waals surface area contributed by atoms with Gasteiger partial charge in [0.25, 0.3) is 23.6 Å². The minimum Gasteiger partial charge on any atom is -0.277 e. The lowest BCUT2D eigenvalue weighted by molar-refractivity contribution is -0.645. The van der Waals surface area contributed by atoms with E-state index in [1.807, 2.05) is 65.1 Å². The van der Waals surface area contributed by atoms with Gasteiger partial charge in [0.2, 0.25) is 0 Å². The van der Waals surface area contributed by atoms with Gasteiger partial charge in [-0.25, -0.2) is 0 Å². The molecular formula is C16H15N2OS2+. The van der Waals surface area contributed by atoms with Crippen molar-refractivity contribution in [2.24, 2.45) is 0 Å². The first-order valence-electron chi connectivity index (χ1n) is 6.77. The third-order valence-electron chi connectivity index (χ3n) is 3.39. The van der Waals surface area contributed by atoms with Crippen LogP contribution in [0.4, 0.5) is 0 Å². The van der Waals surface area contributed by atoms with Crippen molar-refractivity contribution in [2.45, 2.75) is 19.0 Å². The molecule has 106 valence electrons. The van der Waals surface area contributed by atoms with Crippen LogP contribution in [0.1, 0.15) is 11.1 Å². The van der Waals surface area contributed by atoms with Gasteiger partial charge in [0.05, 0.1) is 11.9 Å². The molecule has 3 nitrogen and oxygen atoms in total. The highest BCUT2D eigenvalue weighted by Crippen LogP contribution is 2.28. The second-order valence-electron chi connectivity index (χ2n) is 4.91. The lowest BCUT2D eigenvalue weighted by Gasteiger charge is -2.09. The molecule has 0 amide bonds. The number of hydrogen-bond donors (Lipinski definition) is 0. The predicted octanol–water partition coefficient (Wildman–Crippen LogP) is 2.95.